The van der Waals surface area contributed by atoms with Crippen molar-refractivity contribution in [1.29, 1.82) is 0 Å². The van der Waals surface area contributed by atoms with Crippen molar-refractivity contribution in [3.63, 3.8) is 0 Å². The summed E-state index contributed by atoms with van der Waals surface area (Å²) < 4.78 is 14.9. The third kappa shape index (κ3) is 4.15. The summed E-state index contributed by atoms with van der Waals surface area (Å²) in [6.07, 6.45) is 0.448. The highest BCUT2D eigenvalue weighted by atomic mass is 32.1. The van der Waals surface area contributed by atoms with Gasteiger partial charge in [-0.05, 0) is 41.8 Å². The molecule has 0 radical (unpaired) electrons. The number of hydrogen-bond donors (Lipinski definition) is 2. The zero-order valence-corrected chi connectivity index (χ0v) is 15.6. The first-order chi connectivity index (χ1) is 13.7. The molecule has 0 aliphatic carbocycles. The van der Waals surface area contributed by atoms with Crippen LogP contribution in [-0.4, -0.2) is 32.3 Å². The minimum atomic E-state index is -0.442. The molecule has 0 fully saturated rings. The van der Waals surface area contributed by atoms with Crippen LogP contribution in [0.3, 0.4) is 0 Å². The number of amides is 1. The number of carbonyl (C=O) groups is 1. The molecule has 0 saturated heterocycles. The van der Waals surface area contributed by atoms with Crippen LogP contribution in [0.15, 0.2) is 53.9 Å². The number of anilines is 1. The number of rotatable bonds is 7. The third-order valence-corrected chi connectivity index (χ3v) is 4.95. The van der Waals surface area contributed by atoms with Gasteiger partial charge in [0.2, 0.25) is 0 Å². The molecule has 0 unspecified atom stereocenters. The lowest BCUT2D eigenvalue weighted by atomic mass is 10.2. The summed E-state index contributed by atoms with van der Waals surface area (Å²) in [4.78, 5) is 13.3. The maximum absolute atomic E-state index is 13.2. The maximum Gasteiger partial charge on any atom is 0.251 e. The zero-order valence-electron chi connectivity index (χ0n) is 14.8. The van der Waals surface area contributed by atoms with Crippen LogP contribution in [0.25, 0.3) is 5.65 Å². The Kier molecular flexibility index (Phi) is 5.24. The molecule has 3 aromatic heterocycles. The first-order valence-corrected chi connectivity index (χ1v) is 9.58. The molecule has 2 N–H and O–H groups in total. The second-order valence-electron chi connectivity index (χ2n) is 6.05. The normalized spacial score (nSPS) is 10.9. The van der Waals surface area contributed by atoms with E-state index in [0.717, 1.165) is 0 Å². The average Bonchev–Trinajstić information content (AvgIpc) is 3.36. The highest BCUT2D eigenvalue weighted by molar-refractivity contribution is 7.09. The number of halogens is 1. The molecule has 4 aromatic rings. The number of aromatic nitrogens is 4. The molecule has 4 rings (SSSR count). The van der Waals surface area contributed by atoms with E-state index >= 15 is 0 Å². The highest BCUT2D eigenvalue weighted by Crippen LogP contribution is 2.12. The summed E-state index contributed by atoms with van der Waals surface area (Å²) in [7, 11) is 0. The van der Waals surface area contributed by atoms with Crippen LogP contribution in [0.1, 0.15) is 21.1 Å². The van der Waals surface area contributed by atoms with E-state index in [1.54, 1.807) is 21.9 Å². The third-order valence-electron chi connectivity index (χ3n) is 4.07. The van der Waals surface area contributed by atoms with Crippen molar-refractivity contribution in [2.45, 2.75) is 13.0 Å². The number of nitrogens with zero attached hydrogens (tertiary/aromatic N) is 4. The lowest BCUT2D eigenvalue weighted by Crippen LogP contribution is -2.26. The van der Waals surface area contributed by atoms with Crippen molar-refractivity contribution < 1.29 is 9.18 Å². The molecule has 0 saturated carbocycles. The molecule has 7 nitrogen and oxygen atoms in total. The highest BCUT2D eigenvalue weighted by Gasteiger charge is 2.10. The molecule has 0 spiro atoms. The zero-order chi connectivity index (χ0) is 19.3. The van der Waals surface area contributed by atoms with Gasteiger partial charge in [0.25, 0.3) is 5.91 Å². The van der Waals surface area contributed by atoms with Gasteiger partial charge in [0.1, 0.15) is 11.6 Å². The van der Waals surface area contributed by atoms with E-state index in [9.17, 15) is 9.18 Å². The summed E-state index contributed by atoms with van der Waals surface area (Å²) in [5.41, 5.74) is 0.914. The summed E-state index contributed by atoms with van der Waals surface area (Å²) >= 11 is 1.68. The number of benzene rings is 1. The van der Waals surface area contributed by atoms with E-state index in [4.69, 9.17) is 0 Å². The lowest BCUT2D eigenvalue weighted by Gasteiger charge is -2.06. The van der Waals surface area contributed by atoms with Gasteiger partial charge in [0.15, 0.2) is 11.5 Å². The SMILES string of the molecule is O=C(NCCc1nnc2ccc(NCc3cccs3)nn12)c1cccc(F)c1. The quantitative estimate of drug-likeness (QED) is 0.502. The van der Waals surface area contributed by atoms with Crippen molar-refractivity contribution in [3.8, 4) is 0 Å². The van der Waals surface area contributed by atoms with E-state index in [0.29, 0.717) is 36.8 Å². The molecule has 1 aromatic carbocycles. The van der Waals surface area contributed by atoms with E-state index in [2.05, 4.69) is 32.0 Å². The van der Waals surface area contributed by atoms with Crippen LogP contribution in [0, 0.1) is 5.82 Å². The number of nitrogens with one attached hydrogen (secondary N) is 2. The van der Waals surface area contributed by atoms with Gasteiger partial charge >= 0.3 is 0 Å². The Morgan fingerprint density at radius 3 is 2.89 bits per heavy atom. The lowest BCUT2D eigenvalue weighted by molar-refractivity contribution is 0.0953. The van der Waals surface area contributed by atoms with E-state index in [1.807, 2.05) is 23.6 Å². The van der Waals surface area contributed by atoms with Crippen LogP contribution >= 0.6 is 11.3 Å². The molecule has 0 bridgehead atoms. The molecule has 0 aliphatic rings. The first kappa shape index (κ1) is 18.1. The van der Waals surface area contributed by atoms with Gasteiger partial charge in [-0.25, -0.2) is 4.39 Å². The first-order valence-electron chi connectivity index (χ1n) is 8.70. The largest absolute Gasteiger partial charge is 0.364 e. The van der Waals surface area contributed by atoms with Crippen LogP contribution in [0.5, 0.6) is 0 Å². The van der Waals surface area contributed by atoms with Crippen LogP contribution < -0.4 is 10.6 Å². The minimum Gasteiger partial charge on any atom is -0.364 e. The number of thiophene rings is 1. The molecule has 142 valence electrons. The number of fused-ring (bicyclic) bond motifs is 1. The van der Waals surface area contributed by atoms with E-state index in [1.165, 1.54) is 23.1 Å². The Morgan fingerprint density at radius 1 is 1.14 bits per heavy atom. The summed E-state index contributed by atoms with van der Waals surface area (Å²) in [5.74, 6) is 0.572. The Morgan fingerprint density at radius 2 is 2.07 bits per heavy atom. The Labute approximate surface area is 164 Å². The van der Waals surface area contributed by atoms with Gasteiger partial charge in [-0.15, -0.1) is 26.6 Å². The van der Waals surface area contributed by atoms with Crippen molar-refractivity contribution in [1.82, 2.24) is 25.1 Å². The second kappa shape index (κ2) is 8.13. The van der Waals surface area contributed by atoms with E-state index in [-0.39, 0.29) is 11.5 Å². The molecule has 1 amide bonds. The molecule has 9 heteroatoms. The molecular formula is C19H17FN6OS. The Hall–Kier alpha value is -3.33. The molecular weight excluding hydrogens is 379 g/mol. The number of hydrogen-bond acceptors (Lipinski definition) is 6. The Bertz CT molecular complexity index is 1090. The molecule has 28 heavy (non-hydrogen) atoms. The van der Waals surface area contributed by atoms with Crippen molar-refractivity contribution in [2.75, 3.05) is 11.9 Å². The summed E-state index contributed by atoms with van der Waals surface area (Å²) in [5, 5.41) is 20.8. The van der Waals surface area contributed by atoms with Gasteiger partial charge in [0, 0.05) is 23.4 Å². The van der Waals surface area contributed by atoms with Gasteiger partial charge in [0.05, 0.1) is 6.54 Å². The van der Waals surface area contributed by atoms with Crippen LogP contribution in [0.2, 0.25) is 0 Å². The van der Waals surface area contributed by atoms with Crippen molar-refractivity contribution in [2.24, 2.45) is 0 Å². The summed E-state index contributed by atoms with van der Waals surface area (Å²) in [6.45, 7) is 1.03. The van der Waals surface area contributed by atoms with Crippen molar-refractivity contribution >= 4 is 28.7 Å². The average molecular weight is 396 g/mol. The smallest absolute Gasteiger partial charge is 0.251 e. The number of carbonyl (C=O) groups excluding carboxylic acids is 1. The maximum atomic E-state index is 13.2. The van der Waals surface area contributed by atoms with Gasteiger partial charge in [-0.3, -0.25) is 4.79 Å². The Balaban J connectivity index is 1.39. The standard InChI is InChI=1S/C19H17FN6OS/c20-14-4-1-3-13(11-14)19(27)21-9-8-18-24-23-17-7-6-16(25-26(17)18)22-12-15-5-2-10-28-15/h1-7,10-11H,8-9,12H2,(H,21,27)(H,22,25). The van der Waals surface area contributed by atoms with E-state index < -0.39 is 5.82 Å². The predicted octanol–water partition coefficient (Wildman–Crippen LogP) is 2.91. The van der Waals surface area contributed by atoms with Crippen LogP contribution in [-0.2, 0) is 13.0 Å². The fourth-order valence-corrected chi connectivity index (χ4v) is 3.34. The summed E-state index contributed by atoms with van der Waals surface area (Å²) in [6, 6.07) is 13.3. The van der Waals surface area contributed by atoms with Crippen LogP contribution in [0.4, 0.5) is 10.2 Å². The fraction of sp³-hybridized carbons (Fsp3) is 0.158. The molecule has 0 aliphatic heterocycles. The molecule has 3 heterocycles. The fourth-order valence-electron chi connectivity index (χ4n) is 2.69. The van der Waals surface area contributed by atoms with Gasteiger partial charge < -0.3 is 10.6 Å². The van der Waals surface area contributed by atoms with Gasteiger partial charge in [-0.2, -0.15) is 4.52 Å². The molecule has 0 atom stereocenters. The second-order valence-corrected chi connectivity index (χ2v) is 7.09. The monoisotopic (exact) mass is 396 g/mol. The topological polar surface area (TPSA) is 84.2 Å². The minimum absolute atomic E-state index is 0.282. The van der Waals surface area contributed by atoms with Gasteiger partial charge in [-0.1, -0.05) is 12.1 Å². The van der Waals surface area contributed by atoms with Crippen molar-refractivity contribution in [3.05, 3.63) is 76.0 Å². The predicted molar refractivity (Wildman–Crippen MR) is 105 cm³/mol.